The molecule has 1 amide bonds. The van der Waals surface area contributed by atoms with E-state index >= 15 is 0 Å². The fraction of sp³-hybridized carbons (Fsp3) is 0.263. The number of carbonyl (C=O) groups is 2. The van der Waals surface area contributed by atoms with Gasteiger partial charge in [-0.25, -0.2) is 9.59 Å². The summed E-state index contributed by atoms with van der Waals surface area (Å²) in [6, 6.07) is 8.02. The molecular weight excluding hydrogens is 354 g/mol. The first kappa shape index (κ1) is 19.9. The van der Waals surface area contributed by atoms with E-state index < -0.39 is 18.4 Å². The number of rotatable bonds is 7. The highest BCUT2D eigenvalue weighted by molar-refractivity contribution is 5.95. The first-order valence-electron chi connectivity index (χ1n) is 8.17. The van der Waals surface area contributed by atoms with Gasteiger partial charge in [-0.1, -0.05) is 30.8 Å². The molecule has 144 valence electrons. The molecule has 0 aliphatic heterocycles. The van der Waals surface area contributed by atoms with Gasteiger partial charge in [0.05, 0.1) is 6.54 Å². The predicted octanol–water partition coefficient (Wildman–Crippen LogP) is 2.82. The van der Waals surface area contributed by atoms with Crippen molar-refractivity contribution in [3.8, 4) is 17.2 Å². The maximum atomic E-state index is 11.7. The molecule has 0 aliphatic carbocycles. The van der Waals surface area contributed by atoms with Gasteiger partial charge in [0.25, 0.3) is 0 Å². The van der Waals surface area contributed by atoms with Crippen molar-refractivity contribution in [1.82, 2.24) is 5.32 Å². The van der Waals surface area contributed by atoms with Crippen LogP contribution in [-0.4, -0.2) is 41.7 Å². The number of hydrogen-bond acceptors (Lipinski definition) is 7. The van der Waals surface area contributed by atoms with Gasteiger partial charge < -0.3 is 29.7 Å². The minimum atomic E-state index is -0.977. The Morgan fingerprint density at radius 1 is 1.22 bits per heavy atom. The third-order valence-corrected chi connectivity index (χ3v) is 3.48. The summed E-state index contributed by atoms with van der Waals surface area (Å²) in [5.74, 6) is -0.897. The van der Waals surface area contributed by atoms with Crippen LogP contribution in [0.25, 0.3) is 10.8 Å². The Morgan fingerprint density at radius 2 is 1.89 bits per heavy atom. The van der Waals surface area contributed by atoms with Crippen molar-refractivity contribution in [2.75, 3.05) is 13.2 Å². The number of ether oxygens (including phenoxy) is 3. The van der Waals surface area contributed by atoms with Crippen LogP contribution in [0, 0.1) is 0 Å². The Morgan fingerprint density at radius 3 is 2.56 bits per heavy atom. The quantitative estimate of drug-likeness (QED) is 0.224. The molecule has 0 fully saturated rings. The molecule has 0 bridgehead atoms. The molecule has 0 radical (unpaired) electrons. The summed E-state index contributed by atoms with van der Waals surface area (Å²) in [5.41, 5.74) is 0.268. The normalized spacial score (nSPS) is 11.5. The van der Waals surface area contributed by atoms with E-state index in [0.717, 1.165) is 0 Å². The van der Waals surface area contributed by atoms with Crippen molar-refractivity contribution >= 4 is 22.8 Å². The number of phenols is 2. The van der Waals surface area contributed by atoms with E-state index in [0.29, 0.717) is 10.8 Å². The largest absolute Gasteiger partial charge is 0.504 e. The smallest absolute Gasteiger partial charge is 0.410 e. The Balaban J connectivity index is 1.90. The molecule has 0 spiro atoms. The van der Waals surface area contributed by atoms with Gasteiger partial charge in [0.1, 0.15) is 12.4 Å². The highest BCUT2D eigenvalue weighted by atomic mass is 16.7. The first-order valence-corrected chi connectivity index (χ1v) is 8.17. The average Bonchev–Trinajstić information content (AvgIpc) is 2.62. The molecule has 0 saturated carbocycles. The van der Waals surface area contributed by atoms with E-state index in [9.17, 15) is 19.8 Å². The Hall–Kier alpha value is -3.42. The Labute approximate surface area is 156 Å². The van der Waals surface area contributed by atoms with Gasteiger partial charge in [0.2, 0.25) is 6.29 Å². The van der Waals surface area contributed by atoms with Gasteiger partial charge in [-0.15, -0.1) is 0 Å². The van der Waals surface area contributed by atoms with Crippen molar-refractivity contribution in [2.45, 2.75) is 20.1 Å². The number of esters is 1. The van der Waals surface area contributed by atoms with Crippen molar-refractivity contribution in [3.63, 3.8) is 0 Å². The summed E-state index contributed by atoms with van der Waals surface area (Å²) in [7, 11) is 0. The minimum absolute atomic E-state index is 0.0213. The monoisotopic (exact) mass is 375 g/mol. The van der Waals surface area contributed by atoms with Crippen LogP contribution in [-0.2, 0) is 14.3 Å². The molecule has 0 heterocycles. The molecule has 8 heteroatoms. The van der Waals surface area contributed by atoms with Crippen molar-refractivity contribution in [3.05, 3.63) is 42.5 Å². The van der Waals surface area contributed by atoms with E-state index in [1.165, 1.54) is 19.9 Å². The third-order valence-electron chi connectivity index (χ3n) is 3.48. The second kappa shape index (κ2) is 8.79. The van der Waals surface area contributed by atoms with E-state index in [1.807, 2.05) is 0 Å². The van der Waals surface area contributed by atoms with E-state index in [2.05, 4.69) is 11.9 Å². The molecule has 1 unspecified atom stereocenters. The van der Waals surface area contributed by atoms with E-state index in [-0.39, 0.29) is 36.0 Å². The molecule has 0 saturated heterocycles. The van der Waals surface area contributed by atoms with Crippen LogP contribution in [0.4, 0.5) is 4.79 Å². The number of phenolic OH excluding ortho intramolecular Hbond substituents is 2. The number of alkyl carbamates (subject to hydrolysis) is 1. The number of nitrogens with one attached hydrogen (secondary N) is 1. The first-order chi connectivity index (χ1) is 12.8. The number of aromatic hydroxyl groups is 2. The van der Waals surface area contributed by atoms with Crippen molar-refractivity contribution in [1.29, 1.82) is 0 Å². The molecule has 2 rings (SSSR count). The topological polar surface area (TPSA) is 114 Å². The van der Waals surface area contributed by atoms with Gasteiger partial charge in [0.15, 0.2) is 11.5 Å². The molecule has 8 nitrogen and oxygen atoms in total. The van der Waals surface area contributed by atoms with Crippen LogP contribution in [0.1, 0.15) is 13.8 Å². The zero-order valence-corrected chi connectivity index (χ0v) is 15.0. The lowest BCUT2D eigenvalue weighted by Gasteiger charge is -2.18. The van der Waals surface area contributed by atoms with E-state index in [1.54, 1.807) is 24.3 Å². The van der Waals surface area contributed by atoms with Crippen LogP contribution in [0.3, 0.4) is 0 Å². The van der Waals surface area contributed by atoms with Crippen LogP contribution >= 0.6 is 0 Å². The van der Waals surface area contributed by atoms with Crippen molar-refractivity contribution < 1.29 is 34.0 Å². The number of amides is 1. The second-order valence-corrected chi connectivity index (χ2v) is 5.72. The molecule has 2 aromatic carbocycles. The standard InChI is InChI=1S/C19H21NO7/c1-11(2)18(23)25-9-8-20-19(24)27-12(3)26-16-10-15(21)17(22)14-7-5-4-6-13(14)16/h4-7,10,12,21-22H,1,8-9H2,2-3H3,(H,20,24). The summed E-state index contributed by atoms with van der Waals surface area (Å²) in [5, 5.41) is 23.1. The fourth-order valence-electron chi connectivity index (χ4n) is 2.23. The summed E-state index contributed by atoms with van der Waals surface area (Å²) < 4.78 is 15.4. The molecule has 0 aliphatic rings. The minimum Gasteiger partial charge on any atom is -0.504 e. The summed E-state index contributed by atoms with van der Waals surface area (Å²) >= 11 is 0. The fourth-order valence-corrected chi connectivity index (χ4v) is 2.23. The molecule has 1 atom stereocenters. The number of hydrogen-bond donors (Lipinski definition) is 3. The molecule has 27 heavy (non-hydrogen) atoms. The summed E-state index contributed by atoms with van der Waals surface area (Å²) in [6.07, 6.45) is -1.74. The lowest BCUT2D eigenvalue weighted by molar-refractivity contribution is -0.138. The molecule has 0 aromatic heterocycles. The van der Waals surface area contributed by atoms with Crippen LogP contribution in [0.5, 0.6) is 17.2 Å². The van der Waals surface area contributed by atoms with Gasteiger partial charge in [0, 0.05) is 29.3 Å². The number of fused-ring (bicyclic) bond motifs is 1. The van der Waals surface area contributed by atoms with Crippen molar-refractivity contribution in [2.24, 2.45) is 0 Å². The lowest BCUT2D eigenvalue weighted by atomic mass is 10.1. The Bertz CT molecular complexity index is 863. The molecule has 2 aromatic rings. The number of benzene rings is 2. The average molecular weight is 375 g/mol. The second-order valence-electron chi connectivity index (χ2n) is 5.72. The van der Waals surface area contributed by atoms with E-state index in [4.69, 9.17) is 14.2 Å². The third kappa shape index (κ3) is 5.27. The van der Waals surface area contributed by atoms with Gasteiger partial charge in [-0.3, -0.25) is 0 Å². The highest BCUT2D eigenvalue weighted by Crippen LogP contribution is 2.40. The predicted molar refractivity (Wildman–Crippen MR) is 97.6 cm³/mol. The van der Waals surface area contributed by atoms with Gasteiger partial charge >= 0.3 is 12.1 Å². The SMILES string of the molecule is C=C(C)C(=O)OCCNC(=O)OC(C)Oc1cc(O)c(O)c2ccccc12. The Kier molecular flexibility index (Phi) is 6.48. The maximum Gasteiger partial charge on any atom is 0.410 e. The van der Waals surface area contributed by atoms with Crippen LogP contribution in [0.2, 0.25) is 0 Å². The zero-order chi connectivity index (χ0) is 20.0. The molecular formula is C19H21NO7. The van der Waals surface area contributed by atoms with Gasteiger partial charge in [-0.2, -0.15) is 0 Å². The maximum absolute atomic E-state index is 11.7. The van der Waals surface area contributed by atoms with Crippen LogP contribution in [0.15, 0.2) is 42.5 Å². The summed E-state index contributed by atoms with van der Waals surface area (Å²) in [4.78, 5) is 22.9. The zero-order valence-electron chi connectivity index (χ0n) is 15.0. The van der Waals surface area contributed by atoms with Gasteiger partial charge in [-0.05, 0) is 6.92 Å². The van der Waals surface area contributed by atoms with Crippen LogP contribution < -0.4 is 10.1 Å². The highest BCUT2D eigenvalue weighted by Gasteiger charge is 2.16. The summed E-state index contributed by atoms with van der Waals surface area (Å²) in [6.45, 7) is 6.51. The number of carbonyl (C=O) groups excluding carboxylic acids is 2. The molecule has 3 N–H and O–H groups in total. The lowest BCUT2D eigenvalue weighted by Crippen LogP contribution is -2.32.